The molecule has 214 valence electrons. The quantitative estimate of drug-likeness (QED) is 0.120. The summed E-state index contributed by atoms with van der Waals surface area (Å²) in [4.78, 5) is 70.4. The van der Waals surface area contributed by atoms with Crippen molar-refractivity contribution >= 4 is 20.7 Å². The van der Waals surface area contributed by atoms with Crippen molar-refractivity contribution in [2.45, 2.75) is 48.2 Å². The van der Waals surface area contributed by atoms with E-state index < -0.39 is 93.4 Å². The first-order valence-electron chi connectivity index (χ1n) is 9.73. The molecule has 1 aliphatic rings. The molecule has 0 aromatic carbocycles. The first-order chi connectivity index (χ1) is 16.7. The van der Waals surface area contributed by atoms with E-state index in [4.69, 9.17) is 39.6 Å². The van der Waals surface area contributed by atoms with Gasteiger partial charge in [-0.2, -0.15) is 0 Å². The van der Waals surface area contributed by atoms with E-state index in [9.17, 15) is 49.0 Å². The summed E-state index contributed by atoms with van der Waals surface area (Å²) in [6, 6.07) is 1.09. The van der Waals surface area contributed by atoms with E-state index in [1.54, 1.807) is 0 Å². The third kappa shape index (κ3) is 7.24. The van der Waals surface area contributed by atoms with Gasteiger partial charge in [0.2, 0.25) is 0 Å². The second kappa shape index (κ2) is 12.4. The molecule has 13 N–H and O–H groups in total. The third-order valence-electron chi connectivity index (χ3n) is 4.98. The molecule has 0 aliphatic carbocycles. The molecule has 0 saturated carbocycles. The van der Waals surface area contributed by atoms with Gasteiger partial charge in [0.15, 0.2) is 6.23 Å². The van der Waals surface area contributed by atoms with E-state index in [0.29, 0.717) is 0 Å². The SMILES string of the molecule is O=C([C@](O)([C@@H](O)[C@H](O)[C@H](O)CO)P(=O)(O)O)P(=O)(O)O.O=c1ccn([C@@H]2O[C@H](CO)[C@@H](O)[C@H]2O)c(=O)[nH]1. The van der Waals surface area contributed by atoms with Crippen molar-refractivity contribution in [3.05, 3.63) is 33.1 Å². The number of hydrogen-bond donors (Lipinski definition) is 13. The van der Waals surface area contributed by atoms with E-state index in [1.807, 2.05) is 4.98 Å². The van der Waals surface area contributed by atoms with Gasteiger partial charge in [-0.3, -0.25) is 28.3 Å². The van der Waals surface area contributed by atoms with Gasteiger partial charge >= 0.3 is 20.9 Å². The number of nitrogens with one attached hydrogen (secondary N) is 1. The highest BCUT2D eigenvalue weighted by molar-refractivity contribution is 7.73. The fraction of sp³-hybridized carbons (Fsp3) is 0.667. The standard InChI is InChI=1S/C9H12N2O6.C6H14O12P2/c12-3-4-6(14)7(15)8(17-4)11-2-1-5(13)10-9(11)16;7-1-2(8)3(9)4(10)6(12,20(16,17)18)5(11)19(13,14)15/h1-2,4,6-8,12,14-15H,3H2,(H,10,13,16);2-4,7-10,12H,1H2,(H2,13,14,15)(H2,16,17,18)/t4-,6-,7-,8-;2-,3-,4+,6+/m11/s1. The Balaban J connectivity index is 0.000000373. The molecule has 1 saturated heterocycles. The molecule has 0 bridgehead atoms. The van der Waals surface area contributed by atoms with Crippen molar-refractivity contribution in [2.24, 2.45) is 0 Å². The van der Waals surface area contributed by atoms with Gasteiger partial charge in [-0.1, -0.05) is 0 Å². The third-order valence-corrected chi connectivity index (χ3v) is 7.39. The molecule has 0 spiro atoms. The zero-order valence-corrected chi connectivity index (χ0v) is 20.1. The largest absolute Gasteiger partial charge is 0.395 e. The fourth-order valence-electron chi connectivity index (χ4n) is 2.93. The summed E-state index contributed by atoms with van der Waals surface area (Å²) in [7, 11) is -12.0. The Kier molecular flexibility index (Phi) is 11.2. The van der Waals surface area contributed by atoms with E-state index in [-0.39, 0.29) is 0 Å². The number of aliphatic hydroxyl groups is 8. The molecule has 1 aliphatic heterocycles. The van der Waals surface area contributed by atoms with Crippen molar-refractivity contribution in [1.29, 1.82) is 0 Å². The highest BCUT2D eigenvalue weighted by Gasteiger charge is 2.64. The lowest BCUT2D eigenvalue weighted by atomic mass is 10.0. The molecule has 8 atom stereocenters. The first-order valence-corrected chi connectivity index (χ1v) is 13.0. The number of carbonyl (C=O) groups excluding carboxylic acids is 1. The van der Waals surface area contributed by atoms with Crippen molar-refractivity contribution in [3.8, 4) is 0 Å². The summed E-state index contributed by atoms with van der Waals surface area (Å²) >= 11 is 0. The van der Waals surface area contributed by atoms with Gasteiger partial charge in [0.1, 0.15) is 36.6 Å². The Morgan fingerprint density at radius 1 is 1.08 bits per heavy atom. The Morgan fingerprint density at radius 2 is 1.62 bits per heavy atom. The number of aromatic nitrogens is 2. The molecule has 2 rings (SSSR count). The van der Waals surface area contributed by atoms with Gasteiger partial charge < -0.3 is 65.2 Å². The van der Waals surface area contributed by atoms with Gasteiger partial charge in [0.05, 0.1) is 13.2 Å². The fourth-order valence-corrected chi connectivity index (χ4v) is 5.02. The van der Waals surface area contributed by atoms with Crippen LogP contribution >= 0.6 is 15.2 Å². The molecule has 0 unspecified atom stereocenters. The van der Waals surface area contributed by atoms with Crippen molar-refractivity contribution in [3.63, 3.8) is 0 Å². The molecular formula is C15H26N2O18P2. The highest BCUT2D eigenvalue weighted by Crippen LogP contribution is 2.58. The predicted octanol–water partition coefficient (Wildman–Crippen LogP) is -7.22. The van der Waals surface area contributed by atoms with Crippen molar-refractivity contribution in [2.75, 3.05) is 13.2 Å². The normalized spacial score (nSPS) is 26.4. The van der Waals surface area contributed by atoms with Crippen LogP contribution in [0.2, 0.25) is 0 Å². The molecule has 1 aromatic heterocycles. The van der Waals surface area contributed by atoms with E-state index in [1.165, 1.54) is 0 Å². The molecule has 2 heterocycles. The lowest BCUT2D eigenvalue weighted by Gasteiger charge is -2.35. The topological polar surface area (TPSA) is 358 Å². The van der Waals surface area contributed by atoms with Gasteiger partial charge in [0, 0.05) is 12.3 Å². The molecule has 22 heteroatoms. The molecule has 0 amide bonds. The summed E-state index contributed by atoms with van der Waals surface area (Å²) in [5.74, 6) is 0. The Morgan fingerprint density at radius 3 is 2.00 bits per heavy atom. The van der Waals surface area contributed by atoms with Crippen LogP contribution in [0.25, 0.3) is 0 Å². The number of H-pyrrole nitrogens is 1. The Labute approximate surface area is 204 Å². The summed E-state index contributed by atoms with van der Waals surface area (Å²) < 4.78 is 27.9. The summed E-state index contributed by atoms with van der Waals surface area (Å²) in [6.07, 6.45) is -11.7. The average molecular weight is 584 g/mol. The first kappa shape index (κ1) is 33.3. The van der Waals surface area contributed by atoms with Gasteiger partial charge in [0.25, 0.3) is 16.4 Å². The van der Waals surface area contributed by atoms with Crippen LogP contribution in [0.5, 0.6) is 0 Å². The van der Waals surface area contributed by atoms with Gasteiger partial charge in [-0.15, -0.1) is 0 Å². The number of aliphatic hydroxyl groups excluding tert-OH is 7. The maximum absolute atomic E-state index is 11.4. The van der Waals surface area contributed by atoms with Crippen LogP contribution in [-0.2, 0) is 18.7 Å². The second-order valence-corrected chi connectivity index (χ2v) is 10.8. The number of carbonyl (C=O) groups is 1. The van der Waals surface area contributed by atoms with Crippen LogP contribution in [0, 0.1) is 0 Å². The minimum atomic E-state index is -6.09. The van der Waals surface area contributed by atoms with Crippen LogP contribution < -0.4 is 11.2 Å². The smallest absolute Gasteiger partial charge is 0.394 e. The van der Waals surface area contributed by atoms with E-state index >= 15 is 0 Å². The van der Waals surface area contributed by atoms with Crippen LogP contribution in [-0.4, -0.2) is 131 Å². The summed E-state index contributed by atoms with van der Waals surface area (Å²) in [5.41, 5.74) is -4.07. The number of ether oxygens (including phenoxy) is 1. The number of nitrogens with zero attached hydrogens (tertiary/aromatic N) is 1. The molecule has 0 radical (unpaired) electrons. The summed E-state index contributed by atoms with van der Waals surface area (Å²) in [5, 5.41) is 69.3. The van der Waals surface area contributed by atoms with Crippen LogP contribution in [0.4, 0.5) is 0 Å². The molecule has 1 fully saturated rings. The van der Waals surface area contributed by atoms with E-state index in [2.05, 4.69) is 0 Å². The van der Waals surface area contributed by atoms with Crippen LogP contribution in [0.15, 0.2) is 21.9 Å². The predicted molar refractivity (Wildman–Crippen MR) is 113 cm³/mol. The van der Waals surface area contributed by atoms with Crippen molar-refractivity contribution < 1.29 is 79.1 Å². The lowest BCUT2D eigenvalue weighted by Crippen LogP contribution is -2.57. The minimum absolute atomic E-state index is 0.479. The van der Waals surface area contributed by atoms with Crippen LogP contribution in [0.1, 0.15) is 6.23 Å². The minimum Gasteiger partial charge on any atom is -0.394 e. The Bertz CT molecular complexity index is 1140. The molecule has 20 nitrogen and oxygen atoms in total. The number of rotatable bonds is 9. The Hall–Kier alpha value is -1.71. The zero-order chi connectivity index (χ0) is 29.1. The second-order valence-electron chi connectivity index (χ2n) is 7.55. The monoisotopic (exact) mass is 584 g/mol. The zero-order valence-electron chi connectivity index (χ0n) is 18.3. The van der Waals surface area contributed by atoms with Gasteiger partial charge in [-0.25, -0.2) is 4.79 Å². The maximum Gasteiger partial charge on any atom is 0.395 e. The van der Waals surface area contributed by atoms with Crippen molar-refractivity contribution in [1.82, 2.24) is 9.55 Å². The average Bonchev–Trinajstić information content (AvgIpc) is 3.09. The van der Waals surface area contributed by atoms with Gasteiger partial charge in [-0.05, 0) is 0 Å². The number of hydrogen-bond acceptors (Lipinski definition) is 14. The number of aromatic amines is 1. The highest BCUT2D eigenvalue weighted by atomic mass is 31.2. The maximum atomic E-state index is 11.4. The molecular weight excluding hydrogens is 558 g/mol. The lowest BCUT2D eigenvalue weighted by molar-refractivity contribution is -0.153. The summed E-state index contributed by atoms with van der Waals surface area (Å²) in [6.45, 7) is -1.72. The van der Waals surface area contributed by atoms with Crippen LogP contribution in [0.3, 0.4) is 0 Å². The van der Waals surface area contributed by atoms with E-state index in [0.717, 1.165) is 16.8 Å². The molecule has 1 aromatic rings. The molecule has 37 heavy (non-hydrogen) atoms.